The molecule has 18 heavy (non-hydrogen) atoms. The van der Waals surface area contributed by atoms with Crippen molar-refractivity contribution >= 4 is 0 Å². The molecular weight excluding hydrogens is 265 g/mol. The van der Waals surface area contributed by atoms with Crippen LogP contribution >= 0.6 is 0 Å². The molecule has 0 aromatic rings. The number of nitrogens with zero attached hydrogens (tertiary/aromatic N) is 3. The summed E-state index contributed by atoms with van der Waals surface area (Å²) in [5.41, 5.74) is 1.94. The number of hydrogen-bond donors (Lipinski definition) is 0. The van der Waals surface area contributed by atoms with Crippen molar-refractivity contribution in [3.05, 3.63) is 25.7 Å². The maximum Gasteiger partial charge on any atom is 1.00 e. The summed E-state index contributed by atoms with van der Waals surface area (Å²) in [5.74, 6) is 0.510. The monoisotopic (exact) mass is 279 g/mol. The van der Waals surface area contributed by atoms with Gasteiger partial charge < -0.3 is 5.43 Å². The topological polar surface area (TPSA) is 100 Å². The Hall–Kier alpha value is 0.236. The van der Waals surface area contributed by atoms with E-state index in [1.54, 1.807) is 0 Å². The first-order chi connectivity index (χ1) is 7.93. The van der Waals surface area contributed by atoms with Gasteiger partial charge in [0.25, 0.3) is 0 Å². The third-order valence-corrected chi connectivity index (χ3v) is 4.68. The molecule has 4 rings (SSSR count). The third kappa shape index (κ3) is 2.22. The summed E-state index contributed by atoms with van der Waals surface area (Å²) in [7, 11) is 0. The van der Waals surface area contributed by atoms with E-state index in [4.69, 9.17) is 0 Å². The van der Waals surface area contributed by atoms with Crippen LogP contribution in [-0.4, -0.2) is 21.0 Å². The second kappa shape index (κ2) is 4.66. The molecule has 0 radical (unpaired) electrons. The molecule has 0 saturated heterocycles. The average molecular weight is 279 g/mol. The van der Waals surface area contributed by atoms with Crippen molar-refractivity contribution in [3.8, 4) is 0 Å². The van der Waals surface area contributed by atoms with E-state index < -0.39 is 16.1 Å². The smallest absolute Gasteiger partial charge is 0.372 e. The van der Waals surface area contributed by atoms with Gasteiger partial charge in [-0.1, -0.05) is 12.8 Å². The van der Waals surface area contributed by atoms with Gasteiger partial charge in [-0.25, -0.2) is 0 Å². The minimum Gasteiger partial charge on any atom is -0.372 e. The molecule has 4 aliphatic rings. The van der Waals surface area contributed by atoms with E-state index in [-0.39, 0.29) is 74.6 Å². The fourth-order valence-electron chi connectivity index (χ4n) is 4.67. The van der Waals surface area contributed by atoms with Crippen LogP contribution in [0.5, 0.6) is 0 Å². The van der Waals surface area contributed by atoms with Crippen LogP contribution in [0.4, 0.5) is 0 Å². The molecule has 0 aliphatic heterocycles. The van der Waals surface area contributed by atoms with Gasteiger partial charge in [0, 0.05) is 24.2 Å². The van der Waals surface area contributed by atoms with E-state index >= 15 is 0 Å². The first kappa shape index (κ1) is 14.6. The van der Waals surface area contributed by atoms with E-state index in [0.717, 1.165) is 6.42 Å². The van der Waals surface area contributed by atoms with Crippen molar-refractivity contribution in [2.24, 2.45) is 11.8 Å². The van der Waals surface area contributed by atoms with E-state index in [1.165, 1.54) is 0 Å². The molecule has 8 heteroatoms. The maximum absolute atomic E-state index is 11.3. The summed E-state index contributed by atoms with van der Waals surface area (Å²) in [4.78, 5) is 21.7. The van der Waals surface area contributed by atoms with Crippen molar-refractivity contribution in [1.29, 1.82) is 0 Å². The van der Waals surface area contributed by atoms with E-state index in [9.17, 15) is 20.2 Å². The minimum absolute atomic E-state index is 0. The van der Waals surface area contributed by atoms with E-state index in [2.05, 4.69) is 5.43 Å². The van der Waals surface area contributed by atoms with Gasteiger partial charge in [0.15, 0.2) is 0 Å². The first-order valence-electron chi connectivity index (χ1n) is 5.95. The van der Waals surface area contributed by atoms with Gasteiger partial charge in [-0.3, -0.25) is 20.2 Å². The SMILES string of the molecule is O=[N+]([O-])[N-]C12C[C@H]3C[C@@H](C1)CC([N+](=O)[O-])(C3)C2.[K+]. The molecule has 0 amide bonds. The Balaban J connectivity index is 0.00000120. The van der Waals surface area contributed by atoms with Crippen molar-refractivity contribution in [2.75, 3.05) is 0 Å². The fraction of sp³-hybridized carbons (Fsp3) is 1.00. The minimum atomic E-state index is -0.927. The zero-order chi connectivity index (χ0) is 12.3. The number of hydrogen-bond acceptors (Lipinski definition) is 4. The van der Waals surface area contributed by atoms with Crippen LogP contribution in [-0.2, 0) is 0 Å². The zero-order valence-electron chi connectivity index (χ0n) is 10.4. The Bertz CT molecular complexity index is 389. The molecule has 4 fully saturated rings. The van der Waals surface area contributed by atoms with Gasteiger partial charge in [0.2, 0.25) is 5.54 Å². The molecule has 0 spiro atoms. The Morgan fingerprint density at radius 1 is 1.06 bits per heavy atom. The van der Waals surface area contributed by atoms with Crippen LogP contribution in [0, 0.1) is 32.1 Å². The fourth-order valence-corrected chi connectivity index (χ4v) is 4.67. The van der Waals surface area contributed by atoms with Crippen LogP contribution in [0.3, 0.4) is 0 Å². The van der Waals surface area contributed by atoms with Crippen molar-refractivity contribution < 1.29 is 61.3 Å². The molecule has 0 aromatic heterocycles. The molecular formula is C10H14KN3O4. The van der Waals surface area contributed by atoms with Gasteiger partial charge in [-0.2, -0.15) is 0 Å². The quantitative estimate of drug-likeness (QED) is 0.373. The number of nitro groups is 2. The largest absolute Gasteiger partial charge is 1.00 e. The average Bonchev–Trinajstić information content (AvgIpc) is 2.12. The second-order valence-corrected chi connectivity index (χ2v) is 6.00. The van der Waals surface area contributed by atoms with Crippen LogP contribution < -0.4 is 51.4 Å². The van der Waals surface area contributed by atoms with Crippen molar-refractivity contribution in [2.45, 2.75) is 49.6 Å². The van der Waals surface area contributed by atoms with Gasteiger partial charge in [0.05, 0.1) is 0 Å². The van der Waals surface area contributed by atoms with Crippen LogP contribution in [0.25, 0.3) is 5.43 Å². The molecule has 94 valence electrons. The van der Waals surface area contributed by atoms with Gasteiger partial charge >= 0.3 is 51.4 Å². The standard InChI is InChI=1S/C10H14N3O4.K/c14-12(15)10-4-7-1-8(5-10)3-9(2-7,6-10)11-13(16)17;/h7-8H,1-6H2;/q-1;+1/t7-,8+,9?,10?;. The molecule has 0 N–H and O–H groups in total. The van der Waals surface area contributed by atoms with Gasteiger partial charge in [0.1, 0.15) is 0 Å². The Labute approximate surface area is 147 Å². The summed E-state index contributed by atoms with van der Waals surface area (Å²) < 4.78 is 0. The summed E-state index contributed by atoms with van der Waals surface area (Å²) in [6.45, 7) is 0. The predicted molar refractivity (Wildman–Crippen MR) is 57.5 cm³/mol. The number of rotatable bonds is 3. The maximum atomic E-state index is 11.3. The van der Waals surface area contributed by atoms with Gasteiger partial charge in [-0.15, -0.1) is 0 Å². The third-order valence-electron chi connectivity index (χ3n) is 4.68. The molecule has 7 nitrogen and oxygen atoms in total. The molecule has 4 aliphatic carbocycles. The first-order valence-corrected chi connectivity index (χ1v) is 5.95. The van der Waals surface area contributed by atoms with Gasteiger partial charge in [-0.05, 0) is 28.8 Å². The molecule has 4 atom stereocenters. The van der Waals surface area contributed by atoms with Crippen LogP contribution in [0.15, 0.2) is 0 Å². The van der Waals surface area contributed by atoms with Crippen LogP contribution in [0.1, 0.15) is 38.5 Å². The Kier molecular flexibility index (Phi) is 3.79. The van der Waals surface area contributed by atoms with Crippen molar-refractivity contribution in [3.63, 3.8) is 0 Å². The summed E-state index contributed by atoms with van der Waals surface area (Å²) in [5, 5.41) is 21.3. The normalized spacial score (nSPS) is 44.2. The van der Waals surface area contributed by atoms with Crippen molar-refractivity contribution in [1.82, 2.24) is 0 Å². The summed E-state index contributed by atoms with van der Waals surface area (Å²) >= 11 is 0. The zero-order valence-corrected chi connectivity index (χ0v) is 13.5. The molecule has 2 unspecified atom stereocenters. The predicted octanol–water partition coefficient (Wildman–Crippen LogP) is -1.08. The second-order valence-electron chi connectivity index (χ2n) is 6.00. The van der Waals surface area contributed by atoms with E-state index in [0.29, 0.717) is 25.7 Å². The summed E-state index contributed by atoms with van der Waals surface area (Å²) in [6, 6.07) is 0. The molecule has 0 heterocycles. The Morgan fingerprint density at radius 2 is 1.61 bits per heavy atom. The molecule has 4 bridgehead atoms. The molecule has 4 saturated carbocycles. The Morgan fingerprint density at radius 3 is 2.06 bits per heavy atom. The molecule has 0 aromatic carbocycles. The van der Waals surface area contributed by atoms with Crippen LogP contribution in [0.2, 0.25) is 0 Å². The summed E-state index contributed by atoms with van der Waals surface area (Å²) in [6.07, 6.45) is 3.77. The van der Waals surface area contributed by atoms with E-state index in [1.807, 2.05) is 0 Å².